The third kappa shape index (κ3) is 4.08. The Kier molecular flexibility index (Phi) is 5.00. The van der Waals surface area contributed by atoms with E-state index in [4.69, 9.17) is 5.73 Å². The third-order valence-electron chi connectivity index (χ3n) is 3.02. The van der Waals surface area contributed by atoms with E-state index < -0.39 is 0 Å². The molecule has 2 aromatic carbocycles. The largest absolute Gasteiger partial charge is 0.327 e. The Hall–Kier alpha value is -1.32. The van der Waals surface area contributed by atoms with E-state index in [-0.39, 0.29) is 11.9 Å². The summed E-state index contributed by atoms with van der Waals surface area (Å²) >= 11 is 1.65. The summed E-state index contributed by atoms with van der Waals surface area (Å²) in [7, 11) is 0. The van der Waals surface area contributed by atoms with E-state index in [1.165, 1.54) is 22.6 Å². The van der Waals surface area contributed by atoms with E-state index in [0.717, 1.165) is 17.7 Å². The van der Waals surface area contributed by atoms with Crippen LogP contribution in [-0.4, -0.2) is 6.04 Å². The first-order valence-electron chi connectivity index (χ1n) is 6.46. The highest BCUT2D eigenvalue weighted by molar-refractivity contribution is 7.99. The van der Waals surface area contributed by atoms with Gasteiger partial charge in [-0.2, -0.15) is 0 Å². The molecule has 3 heteroatoms. The van der Waals surface area contributed by atoms with Gasteiger partial charge >= 0.3 is 0 Å². The Bertz CT molecular complexity index is 525. The molecule has 0 aliphatic carbocycles. The molecular formula is C16H18FNS. The molecular weight excluding hydrogens is 257 g/mol. The zero-order valence-corrected chi connectivity index (χ0v) is 11.8. The van der Waals surface area contributed by atoms with Gasteiger partial charge in [0, 0.05) is 15.8 Å². The molecule has 19 heavy (non-hydrogen) atoms. The van der Waals surface area contributed by atoms with Crippen LogP contribution in [0.5, 0.6) is 0 Å². The molecule has 1 atom stereocenters. The fourth-order valence-electron chi connectivity index (χ4n) is 1.83. The molecule has 0 bridgehead atoms. The van der Waals surface area contributed by atoms with Gasteiger partial charge in [0.05, 0.1) is 0 Å². The summed E-state index contributed by atoms with van der Waals surface area (Å²) in [6.45, 7) is 2.10. The number of halogens is 1. The van der Waals surface area contributed by atoms with Crippen molar-refractivity contribution in [2.24, 2.45) is 5.73 Å². The molecule has 2 rings (SSSR count). The normalized spacial score (nSPS) is 12.4. The molecule has 0 amide bonds. The molecule has 0 heterocycles. The molecule has 0 saturated carbocycles. The molecule has 1 nitrogen and oxygen atoms in total. The van der Waals surface area contributed by atoms with Gasteiger partial charge in [0.2, 0.25) is 0 Å². The maximum atomic E-state index is 12.9. The van der Waals surface area contributed by atoms with Crippen molar-refractivity contribution in [2.45, 2.75) is 35.6 Å². The van der Waals surface area contributed by atoms with Crippen molar-refractivity contribution >= 4 is 11.8 Å². The summed E-state index contributed by atoms with van der Waals surface area (Å²) in [5.41, 5.74) is 7.28. The lowest BCUT2D eigenvalue weighted by molar-refractivity contribution is 0.626. The van der Waals surface area contributed by atoms with Crippen LogP contribution >= 0.6 is 11.8 Å². The summed E-state index contributed by atoms with van der Waals surface area (Å²) < 4.78 is 12.9. The molecule has 100 valence electrons. The van der Waals surface area contributed by atoms with Crippen LogP contribution < -0.4 is 5.73 Å². The van der Waals surface area contributed by atoms with Gasteiger partial charge in [-0.3, -0.25) is 0 Å². The predicted molar refractivity (Wildman–Crippen MR) is 78.9 cm³/mol. The molecule has 0 aliphatic heterocycles. The minimum atomic E-state index is -0.203. The molecule has 2 N–H and O–H groups in total. The lowest BCUT2D eigenvalue weighted by Crippen LogP contribution is -2.21. The number of benzene rings is 2. The smallest absolute Gasteiger partial charge is 0.123 e. The standard InChI is InChI=1S/C16H18FNS/c1-2-14(18)11-12-5-3-4-6-16(12)19-15-9-7-13(17)8-10-15/h3-10,14H,2,11,18H2,1H3. The minimum absolute atomic E-state index is 0.190. The SMILES string of the molecule is CCC(N)Cc1ccccc1Sc1ccc(F)cc1. The van der Waals surface area contributed by atoms with Gasteiger partial charge in [0.1, 0.15) is 5.82 Å². The zero-order valence-electron chi connectivity index (χ0n) is 11.0. The van der Waals surface area contributed by atoms with Crippen molar-refractivity contribution in [3.05, 3.63) is 59.9 Å². The fourth-order valence-corrected chi connectivity index (χ4v) is 2.78. The lowest BCUT2D eigenvalue weighted by atomic mass is 10.1. The Morgan fingerprint density at radius 3 is 2.47 bits per heavy atom. The van der Waals surface area contributed by atoms with Crippen LogP contribution in [0.25, 0.3) is 0 Å². The second-order valence-corrected chi connectivity index (χ2v) is 5.65. The molecule has 0 radical (unpaired) electrons. The Balaban J connectivity index is 2.17. The van der Waals surface area contributed by atoms with E-state index in [2.05, 4.69) is 19.1 Å². The average molecular weight is 275 g/mol. The molecule has 0 fully saturated rings. The maximum Gasteiger partial charge on any atom is 0.123 e. The monoisotopic (exact) mass is 275 g/mol. The van der Waals surface area contributed by atoms with Gasteiger partial charge in [-0.05, 0) is 48.7 Å². The van der Waals surface area contributed by atoms with Crippen LogP contribution in [0.15, 0.2) is 58.3 Å². The highest BCUT2D eigenvalue weighted by Crippen LogP contribution is 2.31. The first-order chi connectivity index (χ1) is 9.19. The van der Waals surface area contributed by atoms with Crippen LogP contribution in [0.1, 0.15) is 18.9 Å². The summed E-state index contributed by atoms with van der Waals surface area (Å²) in [4.78, 5) is 2.23. The van der Waals surface area contributed by atoms with Crippen molar-refractivity contribution in [1.82, 2.24) is 0 Å². The molecule has 0 spiro atoms. The number of nitrogens with two attached hydrogens (primary N) is 1. The van der Waals surface area contributed by atoms with Gasteiger partial charge in [0.25, 0.3) is 0 Å². The fraction of sp³-hybridized carbons (Fsp3) is 0.250. The van der Waals surface area contributed by atoms with E-state index >= 15 is 0 Å². The summed E-state index contributed by atoms with van der Waals surface area (Å²) in [5.74, 6) is -0.203. The van der Waals surface area contributed by atoms with Crippen LogP contribution in [0, 0.1) is 5.82 Å². The number of rotatable bonds is 5. The van der Waals surface area contributed by atoms with Crippen molar-refractivity contribution < 1.29 is 4.39 Å². The van der Waals surface area contributed by atoms with Crippen molar-refractivity contribution in [3.63, 3.8) is 0 Å². The second-order valence-electron chi connectivity index (χ2n) is 4.54. The summed E-state index contributed by atoms with van der Waals surface area (Å²) in [6, 6.07) is 15.0. The highest BCUT2D eigenvalue weighted by Gasteiger charge is 2.07. The molecule has 1 unspecified atom stereocenters. The van der Waals surface area contributed by atoms with E-state index in [1.54, 1.807) is 23.9 Å². The van der Waals surface area contributed by atoms with Gasteiger partial charge in [-0.25, -0.2) is 4.39 Å². The maximum absolute atomic E-state index is 12.9. The summed E-state index contributed by atoms with van der Waals surface area (Å²) in [5, 5.41) is 0. The van der Waals surface area contributed by atoms with Gasteiger partial charge in [-0.1, -0.05) is 36.9 Å². The first kappa shape index (κ1) is 14.1. The molecule has 0 aliphatic rings. The molecule has 0 saturated heterocycles. The summed E-state index contributed by atoms with van der Waals surface area (Å²) in [6.07, 6.45) is 1.84. The second kappa shape index (κ2) is 6.73. The number of hydrogen-bond donors (Lipinski definition) is 1. The van der Waals surface area contributed by atoms with Crippen molar-refractivity contribution in [3.8, 4) is 0 Å². The molecule has 2 aromatic rings. The van der Waals surface area contributed by atoms with Crippen LogP contribution in [-0.2, 0) is 6.42 Å². The highest BCUT2D eigenvalue weighted by atomic mass is 32.2. The van der Waals surface area contributed by atoms with E-state index in [0.29, 0.717) is 0 Å². The van der Waals surface area contributed by atoms with E-state index in [1.807, 2.05) is 12.1 Å². The van der Waals surface area contributed by atoms with Crippen LogP contribution in [0.3, 0.4) is 0 Å². The van der Waals surface area contributed by atoms with Crippen LogP contribution in [0.4, 0.5) is 4.39 Å². The van der Waals surface area contributed by atoms with Crippen LogP contribution in [0.2, 0.25) is 0 Å². The first-order valence-corrected chi connectivity index (χ1v) is 7.27. The predicted octanol–water partition coefficient (Wildman–Crippen LogP) is 4.26. The van der Waals surface area contributed by atoms with Gasteiger partial charge in [0.15, 0.2) is 0 Å². The number of hydrogen-bond acceptors (Lipinski definition) is 2. The van der Waals surface area contributed by atoms with E-state index in [9.17, 15) is 4.39 Å². The Morgan fingerprint density at radius 2 is 1.79 bits per heavy atom. The van der Waals surface area contributed by atoms with Crippen molar-refractivity contribution in [2.75, 3.05) is 0 Å². The average Bonchev–Trinajstić information content (AvgIpc) is 2.43. The van der Waals surface area contributed by atoms with Gasteiger partial charge < -0.3 is 5.73 Å². The quantitative estimate of drug-likeness (QED) is 0.882. The Morgan fingerprint density at radius 1 is 1.11 bits per heavy atom. The molecule has 0 aromatic heterocycles. The minimum Gasteiger partial charge on any atom is -0.327 e. The lowest BCUT2D eigenvalue weighted by Gasteiger charge is -2.13. The van der Waals surface area contributed by atoms with Crippen molar-refractivity contribution in [1.29, 1.82) is 0 Å². The Labute approximate surface area is 118 Å². The topological polar surface area (TPSA) is 26.0 Å². The van der Waals surface area contributed by atoms with Gasteiger partial charge in [-0.15, -0.1) is 0 Å². The third-order valence-corrected chi connectivity index (χ3v) is 4.15. The zero-order chi connectivity index (χ0) is 13.7.